The Morgan fingerprint density at radius 2 is 1.77 bits per heavy atom. The number of rotatable bonds is 7. The Bertz CT molecular complexity index is 1180. The zero-order chi connectivity index (χ0) is 24.7. The molecular formula is C27H31F4N3O. The maximum atomic E-state index is 15.5. The van der Waals surface area contributed by atoms with Crippen molar-refractivity contribution in [2.24, 2.45) is 0 Å². The molecule has 0 spiro atoms. The van der Waals surface area contributed by atoms with E-state index in [1.807, 2.05) is 31.2 Å². The summed E-state index contributed by atoms with van der Waals surface area (Å²) in [6.07, 6.45) is 2.81. The maximum Gasteiger partial charge on any atom is 0.257 e. The van der Waals surface area contributed by atoms with E-state index in [-0.39, 0.29) is 17.4 Å². The number of likely N-dealkylation sites (tertiary alicyclic amines) is 1. The van der Waals surface area contributed by atoms with Crippen molar-refractivity contribution in [3.05, 3.63) is 64.9 Å². The normalized spacial score (nSPS) is 21.5. The van der Waals surface area contributed by atoms with Crippen LogP contribution in [0.15, 0.2) is 36.4 Å². The van der Waals surface area contributed by atoms with Gasteiger partial charge < -0.3 is 9.72 Å². The summed E-state index contributed by atoms with van der Waals surface area (Å²) in [6, 6.07) is 8.60. The fraction of sp³-hybridized carbons (Fsp3) is 0.481. The molecule has 0 bridgehead atoms. The molecule has 8 heteroatoms. The molecule has 1 aromatic heterocycles. The van der Waals surface area contributed by atoms with E-state index in [4.69, 9.17) is 4.74 Å². The van der Waals surface area contributed by atoms with Gasteiger partial charge in [-0.2, -0.15) is 0 Å². The van der Waals surface area contributed by atoms with Gasteiger partial charge in [0.25, 0.3) is 5.92 Å². The van der Waals surface area contributed by atoms with Crippen LogP contribution in [0.5, 0.6) is 5.75 Å². The van der Waals surface area contributed by atoms with Crippen molar-refractivity contribution in [2.75, 3.05) is 32.8 Å². The summed E-state index contributed by atoms with van der Waals surface area (Å²) < 4.78 is 65.2. The molecule has 0 amide bonds. The van der Waals surface area contributed by atoms with Crippen LogP contribution in [0.4, 0.5) is 17.6 Å². The Morgan fingerprint density at radius 1 is 1.09 bits per heavy atom. The summed E-state index contributed by atoms with van der Waals surface area (Å²) in [6.45, 7) is 5.10. The second kappa shape index (κ2) is 9.47. The van der Waals surface area contributed by atoms with Crippen molar-refractivity contribution < 1.29 is 22.3 Å². The highest BCUT2D eigenvalue weighted by molar-refractivity contribution is 5.85. The third-order valence-electron chi connectivity index (χ3n) is 7.18. The number of aromatic nitrogens is 1. The smallest absolute Gasteiger partial charge is 0.257 e. The van der Waals surface area contributed by atoms with Crippen LogP contribution < -0.4 is 4.74 Å². The lowest BCUT2D eigenvalue weighted by Crippen LogP contribution is -2.47. The van der Waals surface area contributed by atoms with Gasteiger partial charge in [0.05, 0.1) is 12.6 Å². The van der Waals surface area contributed by atoms with E-state index in [1.165, 1.54) is 17.0 Å². The number of hydrogen-bond acceptors (Lipinski definition) is 3. The van der Waals surface area contributed by atoms with Crippen LogP contribution in [0.25, 0.3) is 10.9 Å². The SMILES string of the molecule is C[C@@H]1Cc2c([nH]c3ccccc23)C(c2c(F)cc(OCCN3CCCC3)cc2F)N1CC(C)(F)F. The number of aromatic amines is 1. The van der Waals surface area contributed by atoms with Gasteiger partial charge in [0.1, 0.15) is 24.0 Å². The summed E-state index contributed by atoms with van der Waals surface area (Å²) in [5.41, 5.74) is 2.07. The zero-order valence-electron chi connectivity index (χ0n) is 20.1. The number of fused-ring (bicyclic) bond motifs is 3. The molecule has 1 N–H and O–H groups in total. The summed E-state index contributed by atoms with van der Waals surface area (Å²) in [4.78, 5) is 7.04. The molecule has 3 heterocycles. The highest BCUT2D eigenvalue weighted by atomic mass is 19.3. The first-order chi connectivity index (χ1) is 16.7. The standard InChI is InChI=1S/C27H31F4N3O/c1-17-13-20-19-7-3-4-8-23(19)32-25(20)26(34(17)16-27(2,30)31)24-21(28)14-18(15-22(24)29)35-12-11-33-9-5-6-10-33/h3-4,7-8,14-15,17,26,32H,5-6,9-13,16H2,1-2H3/t17-,26?/m1/s1. The number of H-pyrrole nitrogens is 1. The van der Waals surface area contributed by atoms with Crippen molar-refractivity contribution in [1.82, 2.24) is 14.8 Å². The Morgan fingerprint density at radius 3 is 2.46 bits per heavy atom. The van der Waals surface area contributed by atoms with Gasteiger partial charge in [-0.15, -0.1) is 0 Å². The van der Waals surface area contributed by atoms with E-state index < -0.39 is 30.1 Å². The van der Waals surface area contributed by atoms with Crippen LogP contribution in [-0.2, 0) is 6.42 Å². The minimum Gasteiger partial charge on any atom is -0.492 e. The van der Waals surface area contributed by atoms with Crippen LogP contribution in [-0.4, -0.2) is 59.5 Å². The Kier molecular flexibility index (Phi) is 6.53. The lowest BCUT2D eigenvalue weighted by molar-refractivity contribution is -0.0374. The molecule has 2 aliphatic rings. The van der Waals surface area contributed by atoms with Gasteiger partial charge in [-0.05, 0) is 50.9 Å². The highest BCUT2D eigenvalue weighted by Gasteiger charge is 2.42. The third-order valence-corrected chi connectivity index (χ3v) is 7.18. The molecule has 188 valence electrons. The van der Waals surface area contributed by atoms with Crippen LogP contribution in [0.2, 0.25) is 0 Å². The first-order valence-corrected chi connectivity index (χ1v) is 12.3. The average Bonchev–Trinajstić information content (AvgIpc) is 3.42. The van der Waals surface area contributed by atoms with E-state index >= 15 is 8.78 Å². The second-order valence-corrected chi connectivity index (χ2v) is 9.96. The number of alkyl halides is 2. The van der Waals surface area contributed by atoms with E-state index in [0.29, 0.717) is 25.3 Å². The molecule has 0 saturated carbocycles. The zero-order valence-corrected chi connectivity index (χ0v) is 20.1. The summed E-state index contributed by atoms with van der Waals surface area (Å²) in [5, 5.41) is 0.949. The molecule has 1 fully saturated rings. The number of para-hydroxylation sites is 1. The van der Waals surface area contributed by atoms with E-state index in [9.17, 15) is 8.78 Å². The molecule has 0 aliphatic carbocycles. The van der Waals surface area contributed by atoms with Gasteiger partial charge in [0.15, 0.2) is 0 Å². The van der Waals surface area contributed by atoms with E-state index in [0.717, 1.165) is 49.3 Å². The first-order valence-electron chi connectivity index (χ1n) is 12.3. The van der Waals surface area contributed by atoms with E-state index in [1.54, 1.807) is 0 Å². The van der Waals surface area contributed by atoms with Gasteiger partial charge in [-0.1, -0.05) is 18.2 Å². The molecule has 0 radical (unpaired) electrons. The quantitative estimate of drug-likeness (QED) is 0.419. The number of nitrogens with zero attached hydrogens (tertiary/aromatic N) is 2. The third kappa shape index (κ3) is 4.91. The molecule has 35 heavy (non-hydrogen) atoms. The summed E-state index contributed by atoms with van der Waals surface area (Å²) >= 11 is 0. The van der Waals surface area contributed by atoms with Crippen molar-refractivity contribution in [3.63, 3.8) is 0 Å². The Hall–Kier alpha value is -2.58. The second-order valence-electron chi connectivity index (χ2n) is 9.96. The molecule has 5 rings (SSSR count). The lowest BCUT2D eigenvalue weighted by Gasteiger charge is -2.42. The minimum atomic E-state index is -3.03. The molecule has 2 aromatic carbocycles. The Labute approximate surface area is 202 Å². The molecule has 1 unspecified atom stereocenters. The van der Waals surface area contributed by atoms with Crippen molar-refractivity contribution in [3.8, 4) is 5.75 Å². The molecule has 3 aromatic rings. The number of hydrogen-bond donors (Lipinski definition) is 1. The van der Waals surface area contributed by atoms with Crippen molar-refractivity contribution >= 4 is 10.9 Å². The average molecular weight is 490 g/mol. The van der Waals surface area contributed by atoms with Crippen LogP contribution in [0.1, 0.15) is 49.6 Å². The fourth-order valence-corrected chi connectivity index (χ4v) is 5.59. The predicted octanol–water partition coefficient (Wildman–Crippen LogP) is 5.91. The van der Waals surface area contributed by atoms with Gasteiger partial charge in [-0.25, -0.2) is 17.6 Å². The minimum absolute atomic E-state index is 0.107. The van der Waals surface area contributed by atoms with Gasteiger partial charge in [0, 0.05) is 53.8 Å². The van der Waals surface area contributed by atoms with E-state index in [2.05, 4.69) is 9.88 Å². The summed E-state index contributed by atoms with van der Waals surface area (Å²) in [7, 11) is 0. The lowest BCUT2D eigenvalue weighted by atomic mass is 9.87. The summed E-state index contributed by atoms with van der Waals surface area (Å²) in [5.74, 6) is -4.51. The van der Waals surface area contributed by atoms with Gasteiger partial charge in [0.2, 0.25) is 0 Å². The first kappa shape index (κ1) is 24.1. The number of ether oxygens (including phenoxy) is 1. The largest absolute Gasteiger partial charge is 0.492 e. The van der Waals surface area contributed by atoms with Crippen molar-refractivity contribution in [1.29, 1.82) is 0 Å². The number of benzene rings is 2. The Balaban J connectivity index is 1.52. The maximum absolute atomic E-state index is 15.5. The molecule has 2 aliphatic heterocycles. The predicted molar refractivity (Wildman–Crippen MR) is 128 cm³/mol. The molecule has 4 nitrogen and oxygen atoms in total. The fourth-order valence-electron chi connectivity index (χ4n) is 5.59. The molecule has 1 saturated heterocycles. The van der Waals surface area contributed by atoms with Gasteiger partial charge >= 0.3 is 0 Å². The number of halogens is 4. The van der Waals surface area contributed by atoms with Gasteiger partial charge in [-0.3, -0.25) is 9.80 Å². The monoisotopic (exact) mass is 489 g/mol. The van der Waals surface area contributed by atoms with Crippen LogP contribution in [0, 0.1) is 11.6 Å². The molecule has 2 atom stereocenters. The molecular weight excluding hydrogens is 458 g/mol. The van der Waals surface area contributed by atoms with Crippen LogP contribution >= 0.6 is 0 Å². The van der Waals surface area contributed by atoms with Crippen molar-refractivity contribution in [2.45, 2.75) is 51.1 Å². The number of nitrogens with one attached hydrogen (secondary N) is 1. The van der Waals surface area contributed by atoms with Crippen LogP contribution in [0.3, 0.4) is 0 Å². The topological polar surface area (TPSA) is 31.5 Å². The highest BCUT2D eigenvalue weighted by Crippen LogP contribution is 2.43.